The van der Waals surface area contributed by atoms with Crippen molar-refractivity contribution in [1.82, 2.24) is 10.6 Å². The van der Waals surface area contributed by atoms with Crippen LogP contribution in [0.5, 0.6) is 0 Å². The summed E-state index contributed by atoms with van der Waals surface area (Å²) >= 11 is 0. The van der Waals surface area contributed by atoms with Gasteiger partial charge in [0.1, 0.15) is 6.04 Å². The van der Waals surface area contributed by atoms with Crippen molar-refractivity contribution in [3.8, 4) is 0 Å². The summed E-state index contributed by atoms with van der Waals surface area (Å²) in [5.74, 6) is -0.474. The number of ether oxygens (including phenoxy) is 1. The summed E-state index contributed by atoms with van der Waals surface area (Å²) in [7, 11) is 1.34. The molecular formula is C23H44N2O4. The molecule has 0 aromatic heterocycles. The second kappa shape index (κ2) is 17.3. The molecule has 6 heteroatoms. The zero-order valence-corrected chi connectivity index (χ0v) is 19.4. The first-order valence-corrected chi connectivity index (χ1v) is 11.5. The molecule has 0 spiro atoms. The van der Waals surface area contributed by atoms with E-state index in [-0.39, 0.29) is 23.7 Å². The van der Waals surface area contributed by atoms with Crippen molar-refractivity contribution in [1.29, 1.82) is 0 Å². The molecule has 0 aliphatic carbocycles. The van der Waals surface area contributed by atoms with Crippen molar-refractivity contribution in [3.05, 3.63) is 0 Å². The average Bonchev–Trinajstić information content (AvgIpc) is 2.71. The number of carbonyl (C=O) groups is 3. The third-order valence-corrected chi connectivity index (χ3v) is 5.40. The molecule has 2 N–H and O–H groups in total. The van der Waals surface area contributed by atoms with E-state index in [0.717, 1.165) is 64.2 Å². The summed E-state index contributed by atoms with van der Waals surface area (Å²) in [6.45, 7) is 8.74. The number of unbranched alkanes of at least 4 members (excludes halogenated alkanes) is 5. The van der Waals surface area contributed by atoms with E-state index < -0.39 is 12.0 Å². The Labute approximate surface area is 177 Å². The van der Waals surface area contributed by atoms with E-state index >= 15 is 0 Å². The fraction of sp³-hybridized carbons (Fsp3) is 0.870. The van der Waals surface area contributed by atoms with Crippen LogP contribution in [0.25, 0.3) is 0 Å². The summed E-state index contributed by atoms with van der Waals surface area (Å²) in [5, 5.41) is 5.81. The Hall–Kier alpha value is -1.59. The Morgan fingerprint density at radius 1 is 0.759 bits per heavy atom. The van der Waals surface area contributed by atoms with E-state index in [1.54, 1.807) is 0 Å². The van der Waals surface area contributed by atoms with Gasteiger partial charge in [0, 0.05) is 18.4 Å². The lowest BCUT2D eigenvalue weighted by Gasteiger charge is -2.19. The molecule has 0 aliphatic rings. The Bertz CT molecular complexity index is 468. The van der Waals surface area contributed by atoms with Crippen LogP contribution >= 0.6 is 0 Å². The van der Waals surface area contributed by atoms with Crippen molar-refractivity contribution in [2.75, 3.05) is 13.7 Å². The van der Waals surface area contributed by atoms with Crippen LogP contribution in [-0.2, 0) is 19.1 Å². The summed E-state index contributed by atoms with van der Waals surface area (Å²) in [5.41, 5.74) is 0. The lowest BCUT2D eigenvalue weighted by Crippen LogP contribution is -2.43. The molecule has 3 atom stereocenters. The second-order valence-corrected chi connectivity index (χ2v) is 8.16. The van der Waals surface area contributed by atoms with Crippen molar-refractivity contribution in [3.63, 3.8) is 0 Å². The van der Waals surface area contributed by atoms with E-state index in [9.17, 15) is 14.4 Å². The normalized spacial score (nSPS) is 14.0. The van der Waals surface area contributed by atoms with Gasteiger partial charge in [-0.15, -0.1) is 0 Å². The lowest BCUT2D eigenvalue weighted by atomic mass is 10.0. The standard InChI is InChI=1S/C23H44N2O4/c1-6-8-10-14-18(3)21(26)24-17-13-12-16-20(23(28)29-5)25-22(27)19(4)15-11-9-7-2/h18-20H,6-17H2,1-5H3,(H,24,26)(H,25,27). The SMILES string of the molecule is CCCCCC(C)C(=O)NCCCCC(NC(=O)C(C)CCCCC)C(=O)OC. The lowest BCUT2D eigenvalue weighted by molar-refractivity contribution is -0.145. The van der Waals surface area contributed by atoms with Crippen LogP contribution < -0.4 is 10.6 Å². The molecule has 0 aromatic rings. The molecule has 2 amide bonds. The highest BCUT2D eigenvalue weighted by atomic mass is 16.5. The van der Waals surface area contributed by atoms with Gasteiger partial charge in [0.25, 0.3) is 0 Å². The maximum atomic E-state index is 12.4. The molecule has 0 saturated heterocycles. The topological polar surface area (TPSA) is 84.5 Å². The first-order valence-electron chi connectivity index (χ1n) is 11.5. The van der Waals surface area contributed by atoms with Crippen LogP contribution in [0.4, 0.5) is 0 Å². The van der Waals surface area contributed by atoms with Gasteiger partial charge >= 0.3 is 5.97 Å². The van der Waals surface area contributed by atoms with Gasteiger partial charge in [-0.2, -0.15) is 0 Å². The van der Waals surface area contributed by atoms with Crippen LogP contribution in [0.3, 0.4) is 0 Å². The van der Waals surface area contributed by atoms with E-state index in [2.05, 4.69) is 24.5 Å². The van der Waals surface area contributed by atoms with Gasteiger partial charge in [-0.25, -0.2) is 4.79 Å². The predicted octanol–water partition coefficient (Wildman–Crippen LogP) is 4.36. The minimum absolute atomic E-state index is 0.0397. The smallest absolute Gasteiger partial charge is 0.328 e. The molecule has 6 nitrogen and oxygen atoms in total. The van der Waals surface area contributed by atoms with Gasteiger partial charge in [-0.3, -0.25) is 9.59 Å². The van der Waals surface area contributed by atoms with E-state index in [0.29, 0.717) is 13.0 Å². The van der Waals surface area contributed by atoms with Crippen molar-refractivity contribution >= 4 is 17.8 Å². The van der Waals surface area contributed by atoms with Gasteiger partial charge < -0.3 is 15.4 Å². The molecule has 29 heavy (non-hydrogen) atoms. The highest BCUT2D eigenvalue weighted by Gasteiger charge is 2.23. The monoisotopic (exact) mass is 412 g/mol. The van der Waals surface area contributed by atoms with E-state index in [1.165, 1.54) is 7.11 Å². The third kappa shape index (κ3) is 13.3. The fourth-order valence-corrected chi connectivity index (χ4v) is 3.23. The zero-order chi connectivity index (χ0) is 22.1. The van der Waals surface area contributed by atoms with Gasteiger partial charge in [-0.05, 0) is 32.1 Å². The molecule has 170 valence electrons. The van der Waals surface area contributed by atoms with Gasteiger partial charge in [0.15, 0.2) is 0 Å². The summed E-state index contributed by atoms with van der Waals surface area (Å²) < 4.78 is 4.84. The number of hydrogen-bond donors (Lipinski definition) is 2. The molecule has 0 saturated carbocycles. The first kappa shape index (κ1) is 27.4. The number of esters is 1. The van der Waals surface area contributed by atoms with Crippen molar-refractivity contribution in [2.24, 2.45) is 11.8 Å². The Balaban J connectivity index is 4.22. The molecule has 0 aromatic carbocycles. The fourth-order valence-electron chi connectivity index (χ4n) is 3.23. The van der Waals surface area contributed by atoms with Crippen molar-refractivity contribution < 1.29 is 19.1 Å². The number of hydrogen-bond acceptors (Lipinski definition) is 4. The van der Waals surface area contributed by atoms with Gasteiger partial charge in [-0.1, -0.05) is 66.2 Å². The quantitative estimate of drug-likeness (QED) is 0.274. The Kier molecular flexibility index (Phi) is 16.3. The molecule has 0 heterocycles. The minimum Gasteiger partial charge on any atom is -0.467 e. The zero-order valence-electron chi connectivity index (χ0n) is 19.4. The van der Waals surface area contributed by atoms with Crippen LogP contribution in [-0.4, -0.2) is 37.5 Å². The molecule has 0 bridgehead atoms. The second-order valence-electron chi connectivity index (χ2n) is 8.16. The Morgan fingerprint density at radius 2 is 1.28 bits per heavy atom. The summed E-state index contributed by atoms with van der Waals surface area (Å²) in [6, 6.07) is -0.621. The van der Waals surface area contributed by atoms with Crippen LogP contribution in [0.2, 0.25) is 0 Å². The summed E-state index contributed by atoms with van der Waals surface area (Å²) in [4.78, 5) is 36.4. The number of amides is 2. The third-order valence-electron chi connectivity index (χ3n) is 5.40. The van der Waals surface area contributed by atoms with Gasteiger partial charge in [0.05, 0.1) is 7.11 Å². The molecule has 0 radical (unpaired) electrons. The summed E-state index contributed by atoms with van der Waals surface area (Å²) in [6.07, 6.45) is 10.4. The average molecular weight is 413 g/mol. The minimum atomic E-state index is -0.621. The number of methoxy groups -OCH3 is 1. The van der Waals surface area contributed by atoms with Gasteiger partial charge in [0.2, 0.25) is 11.8 Å². The molecule has 0 rings (SSSR count). The molecular weight excluding hydrogens is 368 g/mol. The molecule has 0 aliphatic heterocycles. The first-order chi connectivity index (χ1) is 13.9. The van der Waals surface area contributed by atoms with Crippen molar-refractivity contribution in [2.45, 2.75) is 104 Å². The van der Waals surface area contributed by atoms with Crippen LogP contribution in [0.15, 0.2) is 0 Å². The largest absolute Gasteiger partial charge is 0.467 e. The number of nitrogens with one attached hydrogen (secondary N) is 2. The molecule has 3 unspecified atom stereocenters. The van der Waals surface area contributed by atoms with Crippen LogP contribution in [0, 0.1) is 11.8 Å². The number of rotatable bonds is 17. The van der Waals surface area contributed by atoms with E-state index in [4.69, 9.17) is 4.74 Å². The van der Waals surface area contributed by atoms with E-state index in [1.807, 2.05) is 13.8 Å². The Morgan fingerprint density at radius 3 is 1.79 bits per heavy atom. The maximum absolute atomic E-state index is 12.4. The molecule has 0 fully saturated rings. The van der Waals surface area contributed by atoms with Crippen LogP contribution in [0.1, 0.15) is 98.3 Å². The highest BCUT2D eigenvalue weighted by Crippen LogP contribution is 2.12. The predicted molar refractivity (Wildman–Crippen MR) is 117 cm³/mol. The maximum Gasteiger partial charge on any atom is 0.328 e. The highest BCUT2D eigenvalue weighted by molar-refractivity contribution is 5.85. The number of carbonyl (C=O) groups excluding carboxylic acids is 3.